The Labute approximate surface area is 186 Å². The van der Waals surface area contributed by atoms with Crippen molar-refractivity contribution in [3.05, 3.63) is 89.9 Å². The fourth-order valence-electron chi connectivity index (χ4n) is 3.28. The average Bonchev–Trinajstić information content (AvgIpc) is 3.16. The molecule has 4 rings (SSSR count). The van der Waals surface area contributed by atoms with Crippen molar-refractivity contribution in [2.45, 2.75) is 20.8 Å². The van der Waals surface area contributed by atoms with Crippen LogP contribution in [0.15, 0.2) is 72.9 Å². The van der Waals surface area contributed by atoms with Gasteiger partial charge in [0, 0.05) is 23.5 Å². The van der Waals surface area contributed by atoms with E-state index in [1.165, 1.54) is 0 Å². The zero-order valence-electron chi connectivity index (χ0n) is 18.1. The van der Waals surface area contributed by atoms with Gasteiger partial charge in [-0.25, -0.2) is 4.68 Å². The first-order valence-corrected chi connectivity index (χ1v) is 10.2. The van der Waals surface area contributed by atoms with E-state index in [2.05, 4.69) is 20.7 Å². The molecule has 0 radical (unpaired) electrons. The normalized spacial score (nSPS) is 10.6. The van der Waals surface area contributed by atoms with E-state index in [9.17, 15) is 9.59 Å². The van der Waals surface area contributed by atoms with Gasteiger partial charge in [-0.3, -0.25) is 14.6 Å². The maximum atomic E-state index is 12.5. The van der Waals surface area contributed by atoms with Gasteiger partial charge in [0.1, 0.15) is 0 Å². The van der Waals surface area contributed by atoms with Crippen molar-refractivity contribution >= 4 is 23.3 Å². The molecule has 0 spiro atoms. The summed E-state index contributed by atoms with van der Waals surface area (Å²) in [6.45, 7) is 5.67. The molecule has 0 fully saturated rings. The van der Waals surface area contributed by atoms with Crippen LogP contribution in [0.5, 0.6) is 0 Å². The number of anilines is 2. The number of nitrogens with one attached hydrogen (secondary N) is 2. The standard InChI is InChI=1S/C25H23N5O2/c1-16-9-11-21(12-10-16)30-17(2)13-23(29-30)28-25(32)24(31)27-22-14-20(15-26-18(22)3)19-7-5-4-6-8-19/h4-15H,1-3H3,(H,27,31)(H,28,29,32). The van der Waals surface area contributed by atoms with E-state index in [0.717, 1.165) is 28.1 Å². The summed E-state index contributed by atoms with van der Waals surface area (Å²) in [4.78, 5) is 29.4. The zero-order chi connectivity index (χ0) is 22.7. The van der Waals surface area contributed by atoms with Crippen molar-refractivity contribution in [1.29, 1.82) is 0 Å². The van der Waals surface area contributed by atoms with Crippen molar-refractivity contribution in [1.82, 2.24) is 14.8 Å². The van der Waals surface area contributed by atoms with E-state index in [1.54, 1.807) is 29.9 Å². The smallest absolute Gasteiger partial charge is 0.315 e. The second-order valence-electron chi connectivity index (χ2n) is 7.55. The molecule has 2 amide bonds. The number of pyridine rings is 1. The summed E-state index contributed by atoms with van der Waals surface area (Å²) in [7, 11) is 0. The van der Waals surface area contributed by atoms with Crippen molar-refractivity contribution in [2.75, 3.05) is 10.6 Å². The molecular weight excluding hydrogens is 402 g/mol. The molecule has 2 aromatic heterocycles. The van der Waals surface area contributed by atoms with Crippen LogP contribution < -0.4 is 10.6 Å². The first-order chi connectivity index (χ1) is 15.4. The van der Waals surface area contributed by atoms with Gasteiger partial charge in [0.25, 0.3) is 0 Å². The molecule has 2 heterocycles. The highest BCUT2D eigenvalue weighted by Crippen LogP contribution is 2.23. The van der Waals surface area contributed by atoms with E-state index < -0.39 is 11.8 Å². The molecule has 0 aliphatic heterocycles. The van der Waals surface area contributed by atoms with Crippen molar-refractivity contribution in [3.63, 3.8) is 0 Å². The molecule has 7 nitrogen and oxygen atoms in total. The van der Waals surface area contributed by atoms with Crippen LogP contribution in [0.4, 0.5) is 11.5 Å². The molecule has 2 aromatic carbocycles. The second-order valence-corrected chi connectivity index (χ2v) is 7.55. The topological polar surface area (TPSA) is 88.9 Å². The molecule has 0 atom stereocenters. The summed E-state index contributed by atoms with van der Waals surface area (Å²) in [6, 6.07) is 21.1. The Kier molecular flexibility index (Phi) is 5.81. The molecule has 160 valence electrons. The van der Waals surface area contributed by atoms with Crippen LogP contribution in [-0.4, -0.2) is 26.6 Å². The lowest BCUT2D eigenvalue weighted by atomic mass is 10.1. The van der Waals surface area contributed by atoms with Crippen LogP contribution in [0.1, 0.15) is 17.0 Å². The largest absolute Gasteiger partial charge is 0.316 e. The molecule has 0 aliphatic carbocycles. The monoisotopic (exact) mass is 425 g/mol. The molecule has 0 aliphatic rings. The summed E-state index contributed by atoms with van der Waals surface area (Å²) >= 11 is 0. The Bertz CT molecular complexity index is 1280. The number of amides is 2. The lowest BCUT2D eigenvalue weighted by Gasteiger charge is -2.10. The molecule has 2 N–H and O–H groups in total. The second kappa shape index (κ2) is 8.85. The minimum atomic E-state index is -0.803. The predicted molar refractivity (Wildman–Crippen MR) is 125 cm³/mol. The molecule has 0 saturated carbocycles. The Morgan fingerprint density at radius 2 is 1.50 bits per heavy atom. The fraction of sp³-hybridized carbons (Fsp3) is 0.120. The molecule has 32 heavy (non-hydrogen) atoms. The van der Waals surface area contributed by atoms with E-state index in [-0.39, 0.29) is 0 Å². The van der Waals surface area contributed by atoms with E-state index in [1.807, 2.05) is 68.4 Å². The third kappa shape index (κ3) is 4.57. The third-order valence-corrected chi connectivity index (χ3v) is 5.06. The summed E-state index contributed by atoms with van der Waals surface area (Å²) in [6.07, 6.45) is 1.74. The van der Waals surface area contributed by atoms with Crippen LogP contribution in [0, 0.1) is 20.8 Å². The van der Waals surface area contributed by atoms with Crippen LogP contribution in [0.2, 0.25) is 0 Å². The first-order valence-electron chi connectivity index (χ1n) is 10.2. The van der Waals surface area contributed by atoms with Crippen LogP contribution >= 0.6 is 0 Å². The lowest BCUT2D eigenvalue weighted by molar-refractivity contribution is -0.133. The maximum Gasteiger partial charge on any atom is 0.315 e. The van der Waals surface area contributed by atoms with Gasteiger partial charge in [0.05, 0.1) is 17.1 Å². The van der Waals surface area contributed by atoms with E-state index in [4.69, 9.17) is 0 Å². The highest BCUT2D eigenvalue weighted by molar-refractivity contribution is 6.43. The number of carbonyl (C=O) groups excluding carboxylic acids is 2. The number of carbonyl (C=O) groups is 2. The van der Waals surface area contributed by atoms with Gasteiger partial charge in [0.15, 0.2) is 5.82 Å². The third-order valence-electron chi connectivity index (χ3n) is 5.06. The number of benzene rings is 2. The van der Waals surface area contributed by atoms with Crippen LogP contribution in [0.3, 0.4) is 0 Å². The molecule has 4 aromatic rings. The zero-order valence-corrected chi connectivity index (χ0v) is 18.1. The number of aromatic nitrogens is 3. The molecule has 0 unspecified atom stereocenters. The van der Waals surface area contributed by atoms with Gasteiger partial charge in [-0.2, -0.15) is 0 Å². The predicted octanol–water partition coefficient (Wildman–Crippen LogP) is 4.44. The number of aryl methyl sites for hydroxylation is 3. The Morgan fingerprint density at radius 1 is 0.812 bits per heavy atom. The summed E-state index contributed by atoms with van der Waals surface area (Å²) < 4.78 is 1.71. The van der Waals surface area contributed by atoms with Gasteiger partial charge in [0.2, 0.25) is 0 Å². The van der Waals surface area contributed by atoms with Gasteiger partial charge in [-0.15, -0.1) is 5.10 Å². The lowest BCUT2D eigenvalue weighted by Crippen LogP contribution is -2.29. The van der Waals surface area contributed by atoms with E-state index >= 15 is 0 Å². The van der Waals surface area contributed by atoms with Crippen LogP contribution in [-0.2, 0) is 9.59 Å². The van der Waals surface area contributed by atoms with Gasteiger partial charge in [-0.05, 0) is 44.5 Å². The van der Waals surface area contributed by atoms with Crippen molar-refractivity contribution in [2.24, 2.45) is 0 Å². The maximum absolute atomic E-state index is 12.5. The Morgan fingerprint density at radius 3 is 2.22 bits per heavy atom. The number of nitrogens with zero attached hydrogens (tertiary/aromatic N) is 3. The highest BCUT2D eigenvalue weighted by Gasteiger charge is 2.18. The summed E-state index contributed by atoms with van der Waals surface area (Å²) in [5, 5.41) is 9.62. The molecule has 0 saturated heterocycles. The average molecular weight is 425 g/mol. The van der Waals surface area contributed by atoms with Gasteiger partial charge in [-0.1, -0.05) is 48.0 Å². The first kappa shape index (κ1) is 21.0. The van der Waals surface area contributed by atoms with Crippen LogP contribution in [0.25, 0.3) is 16.8 Å². The molecule has 7 heteroatoms. The van der Waals surface area contributed by atoms with Gasteiger partial charge < -0.3 is 10.6 Å². The number of hydrogen-bond acceptors (Lipinski definition) is 4. The Hall–Kier alpha value is -4.26. The quantitative estimate of drug-likeness (QED) is 0.473. The van der Waals surface area contributed by atoms with Crippen molar-refractivity contribution in [3.8, 4) is 16.8 Å². The van der Waals surface area contributed by atoms with E-state index in [0.29, 0.717) is 17.2 Å². The van der Waals surface area contributed by atoms with Gasteiger partial charge >= 0.3 is 11.8 Å². The molecule has 0 bridgehead atoms. The minimum absolute atomic E-state index is 0.302. The Balaban J connectivity index is 1.48. The number of rotatable bonds is 4. The summed E-state index contributed by atoms with van der Waals surface area (Å²) in [5.74, 6) is -1.29. The highest BCUT2D eigenvalue weighted by atomic mass is 16.2. The molecular formula is C25H23N5O2. The minimum Gasteiger partial charge on any atom is -0.316 e. The summed E-state index contributed by atoms with van der Waals surface area (Å²) in [5.41, 5.74) is 5.76. The number of hydrogen-bond donors (Lipinski definition) is 2. The van der Waals surface area contributed by atoms with Crippen molar-refractivity contribution < 1.29 is 9.59 Å². The SMILES string of the molecule is Cc1ccc(-n2nc(NC(=O)C(=O)Nc3cc(-c4ccccc4)cnc3C)cc2C)cc1. The fourth-order valence-corrected chi connectivity index (χ4v) is 3.28.